The lowest BCUT2D eigenvalue weighted by molar-refractivity contribution is -0.275. The molecule has 2 aromatic heterocycles. The minimum Gasteiger partial charge on any atom is -0.406 e. The van der Waals surface area contributed by atoms with Gasteiger partial charge in [-0.1, -0.05) is 36.4 Å². The zero-order chi connectivity index (χ0) is 34.2. The third-order valence-corrected chi connectivity index (χ3v) is 7.82. The first-order valence-electron chi connectivity index (χ1n) is 14.5. The van der Waals surface area contributed by atoms with E-state index in [-0.39, 0.29) is 12.2 Å². The van der Waals surface area contributed by atoms with E-state index in [9.17, 15) is 36.2 Å². The number of aryl methyl sites for hydroxylation is 1. The number of nitrogens with zero attached hydrogens (tertiary/aromatic N) is 2. The lowest BCUT2D eigenvalue weighted by Crippen LogP contribution is -2.16. The monoisotopic (exact) mass is 662 g/mol. The van der Waals surface area contributed by atoms with E-state index >= 15 is 0 Å². The highest BCUT2D eigenvalue weighted by Crippen LogP contribution is 2.39. The molecule has 0 fully saturated rings. The Labute approximate surface area is 269 Å². The summed E-state index contributed by atoms with van der Waals surface area (Å²) in [6.45, 7) is 1.79. The number of alkyl halides is 6. The predicted octanol–water partition coefficient (Wildman–Crippen LogP) is 9.31. The molecule has 0 bridgehead atoms. The third-order valence-electron chi connectivity index (χ3n) is 7.82. The number of benzene rings is 4. The van der Waals surface area contributed by atoms with Crippen LogP contribution >= 0.6 is 0 Å². The zero-order valence-corrected chi connectivity index (χ0v) is 24.9. The van der Waals surface area contributed by atoms with Gasteiger partial charge in [0, 0.05) is 46.3 Å². The van der Waals surface area contributed by atoms with Gasteiger partial charge in [0.2, 0.25) is 0 Å². The maximum Gasteiger partial charge on any atom is 0.573 e. The van der Waals surface area contributed by atoms with E-state index in [1.165, 1.54) is 54.7 Å². The number of halogens is 6. The molecule has 12 heteroatoms. The van der Waals surface area contributed by atoms with Gasteiger partial charge in [-0.15, -0.1) is 26.3 Å². The van der Waals surface area contributed by atoms with Crippen LogP contribution in [0.1, 0.15) is 33.2 Å². The van der Waals surface area contributed by atoms with Gasteiger partial charge in [-0.25, -0.2) is 0 Å². The molecule has 0 spiro atoms. The molecule has 0 aliphatic heterocycles. The molecule has 6 rings (SSSR count). The topological polar surface area (TPSA) is 81.5 Å². The van der Waals surface area contributed by atoms with Crippen LogP contribution in [0.3, 0.4) is 0 Å². The first kappa shape index (κ1) is 32.5. The number of ether oxygens (including phenoxy) is 2. The number of carbonyl (C=O) groups is 1. The Bertz CT molecular complexity index is 2130. The summed E-state index contributed by atoms with van der Waals surface area (Å²) in [6.07, 6.45) is -7.06. The summed E-state index contributed by atoms with van der Waals surface area (Å²) < 4.78 is 84.3. The number of rotatable bonds is 8. The summed E-state index contributed by atoms with van der Waals surface area (Å²) in [5, 5.41) is 12.9. The molecule has 48 heavy (non-hydrogen) atoms. The van der Waals surface area contributed by atoms with Gasteiger partial charge in [-0.05, 0) is 83.3 Å². The van der Waals surface area contributed by atoms with Crippen LogP contribution in [0, 0.1) is 6.92 Å². The Morgan fingerprint density at radius 3 is 1.71 bits per heavy atom. The second-order valence-corrected chi connectivity index (χ2v) is 10.9. The molecule has 0 radical (unpaired) electrons. The van der Waals surface area contributed by atoms with E-state index in [4.69, 9.17) is 0 Å². The summed E-state index contributed by atoms with van der Waals surface area (Å²) >= 11 is 0. The molecule has 0 saturated heterocycles. The molecule has 1 atom stereocenters. The molecule has 6 aromatic rings. The van der Waals surface area contributed by atoms with Crippen LogP contribution in [0.5, 0.6) is 11.5 Å². The van der Waals surface area contributed by atoms with Crippen LogP contribution in [0.15, 0.2) is 97.3 Å². The van der Waals surface area contributed by atoms with Gasteiger partial charge < -0.3 is 14.6 Å². The lowest BCUT2D eigenvalue weighted by atomic mass is 9.87. The lowest BCUT2D eigenvalue weighted by Gasteiger charge is -2.21. The summed E-state index contributed by atoms with van der Waals surface area (Å²) in [5.41, 5.74) is 5.20. The number of aldehydes is 1. The molecular weight excluding hydrogens is 638 g/mol. The van der Waals surface area contributed by atoms with Crippen LogP contribution < -0.4 is 9.47 Å². The number of aliphatic hydroxyl groups is 1. The smallest absolute Gasteiger partial charge is 0.406 e. The van der Waals surface area contributed by atoms with E-state index in [0.717, 1.165) is 0 Å². The molecule has 244 valence electrons. The number of aromatic nitrogens is 2. The van der Waals surface area contributed by atoms with E-state index in [1.54, 1.807) is 49.5 Å². The Morgan fingerprint density at radius 1 is 0.729 bits per heavy atom. The number of hydrogen-bond donors (Lipinski definition) is 1. The molecule has 1 unspecified atom stereocenters. The average Bonchev–Trinajstić information content (AvgIpc) is 3.03. The largest absolute Gasteiger partial charge is 0.573 e. The molecule has 0 saturated carbocycles. The predicted molar refractivity (Wildman–Crippen MR) is 167 cm³/mol. The summed E-state index contributed by atoms with van der Waals surface area (Å²) in [4.78, 5) is 21.4. The summed E-state index contributed by atoms with van der Waals surface area (Å²) in [7, 11) is 0. The van der Waals surface area contributed by atoms with Crippen molar-refractivity contribution in [2.75, 3.05) is 0 Å². The number of fused-ring (bicyclic) bond motifs is 2. The molecule has 2 heterocycles. The van der Waals surface area contributed by atoms with E-state index in [1.807, 2.05) is 0 Å². The van der Waals surface area contributed by atoms with Gasteiger partial charge >= 0.3 is 12.7 Å². The fourth-order valence-electron chi connectivity index (χ4n) is 5.92. The van der Waals surface area contributed by atoms with E-state index in [0.29, 0.717) is 72.6 Å². The minimum absolute atomic E-state index is 0.0190. The van der Waals surface area contributed by atoms with Crippen molar-refractivity contribution < 1.29 is 45.7 Å². The first-order valence-corrected chi connectivity index (χ1v) is 14.5. The summed E-state index contributed by atoms with van der Waals surface area (Å²) in [6, 6.07) is 21.0. The standard InChI is InChI=1S/C36H24F6N2O4/c1-20-16-28(21-6-10-24(11-7-21)47-35(37,38)39)34-27(5-3-15-44-34)32(20)31(46)18-23-17-29(33-26(30(23)19-45)4-2-14-43-33)22-8-12-25(13-9-22)48-36(40,41)42/h2-17,19,31,46H,18H2,1H3. The maximum absolute atomic E-state index is 12.7. The molecule has 1 N–H and O–H groups in total. The van der Waals surface area contributed by atoms with Gasteiger partial charge in [0.25, 0.3) is 0 Å². The average molecular weight is 663 g/mol. The second-order valence-electron chi connectivity index (χ2n) is 10.9. The van der Waals surface area contributed by atoms with E-state index < -0.39 is 24.6 Å². The van der Waals surface area contributed by atoms with Crippen molar-refractivity contribution in [3.8, 4) is 33.8 Å². The van der Waals surface area contributed by atoms with Gasteiger partial charge in [-0.3, -0.25) is 14.8 Å². The van der Waals surface area contributed by atoms with Gasteiger partial charge in [-0.2, -0.15) is 0 Å². The Hall–Kier alpha value is -5.49. The highest BCUT2D eigenvalue weighted by molar-refractivity contribution is 6.04. The van der Waals surface area contributed by atoms with Crippen molar-refractivity contribution >= 4 is 28.1 Å². The van der Waals surface area contributed by atoms with Crippen molar-refractivity contribution in [2.24, 2.45) is 0 Å². The fourth-order valence-corrected chi connectivity index (χ4v) is 5.92. The number of carbonyl (C=O) groups excluding carboxylic acids is 1. The van der Waals surface area contributed by atoms with Crippen LogP contribution in [0.4, 0.5) is 26.3 Å². The second kappa shape index (κ2) is 12.6. The third kappa shape index (κ3) is 6.79. The molecular formula is C36H24F6N2O4. The number of aliphatic hydroxyl groups excluding tert-OH is 1. The zero-order valence-electron chi connectivity index (χ0n) is 24.9. The van der Waals surface area contributed by atoms with Crippen molar-refractivity contribution in [3.05, 3.63) is 120 Å². The molecule has 6 nitrogen and oxygen atoms in total. The van der Waals surface area contributed by atoms with Crippen LogP contribution in [-0.2, 0) is 6.42 Å². The van der Waals surface area contributed by atoms with Gasteiger partial charge in [0.1, 0.15) is 11.5 Å². The highest BCUT2D eigenvalue weighted by atomic mass is 19.4. The Morgan fingerprint density at radius 2 is 1.21 bits per heavy atom. The quantitative estimate of drug-likeness (QED) is 0.129. The van der Waals surface area contributed by atoms with Crippen molar-refractivity contribution in [1.82, 2.24) is 9.97 Å². The van der Waals surface area contributed by atoms with Crippen LogP contribution in [0.2, 0.25) is 0 Å². The molecule has 0 aliphatic carbocycles. The summed E-state index contributed by atoms with van der Waals surface area (Å²) in [5.74, 6) is -0.762. The van der Waals surface area contributed by atoms with Crippen LogP contribution in [-0.4, -0.2) is 34.1 Å². The SMILES string of the molecule is Cc1cc(-c2ccc(OC(F)(F)F)cc2)c2ncccc2c1C(O)Cc1cc(-c2ccc(OC(F)(F)F)cc2)c2ncccc2c1C=O. The number of hydrogen-bond acceptors (Lipinski definition) is 6. The Balaban J connectivity index is 1.41. The number of pyridine rings is 2. The molecule has 4 aromatic carbocycles. The maximum atomic E-state index is 12.7. The molecule has 0 amide bonds. The van der Waals surface area contributed by atoms with Crippen molar-refractivity contribution in [1.29, 1.82) is 0 Å². The fraction of sp³-hybridized carbons (Fsp3) is 0.139. The minimum atomic E-state index is -4.85. The highest BCUT2D eigenvalue weighted by Gasteiger charge is 2.32. The van der Waals surface area contributed by atoms with E-state index in [2.05, 4.69) is 19.4 Å². The molecule has 0 aliphatic rings. The normalized spacial score (nSPS) is 12.7. The van der Waals surface area contributed by atoms with Gasteiger partial charge in [0.05, 0.1) is 17.1 Å². The van der Waals surface area contributed by atoms with Crippen molar-refractivity contribution in [2.45, 2.75) is 32.2 Å². The van der Waals surface area contributed by atoms with Crippen molar-refractivity contribution in [3.63, 3.8) is 0 Å². The van der Waals surface area contributed by atoms with Gasteiger partial charge in [0.15, 0.2) is 6.29 Å². The first-order chi connectivity index (χ1) is 22.8. The Kier molecular flexibility index (Phi) is 8.52. The van der Waals surface area contributed by atoms with Crippen LogP contribution in [0.25, 0.3) is 44.1 Å².